The highest BCUT2D eigenvalue weighted by atomic mass is 16.5. The number of ether oxygens (including phenoxy) is 2. The molecule has 58 heavy (non-hydrogen) atoms. The Kier molecular flexibility index (Phi) is 10.2. The number of hydrogen-bond acceptors (Lipinski definition) is 8. The molecule has 5 aliphatic rings. The Bertz CT molecular complexity index is 2050. The van der Waals surface area contributed by atoms with E-state index in [9.17, 15) is 9.90 Å². The van der Waals surface area contributed by atoms with Crippen LogP contribution in [0.25, 0.3) is 22.6 Å². The molecular weight excluding hydrogens is 725 g/mol. The molecule has 8 rings (SSSR count). The summed E-state index contributed by atoms with van der Waals surface area (Å²) in [4.78, 5) is 27.6. The Hall–Kier alpha value is -3.47. The van der Waals surface area contributed by atoms with Crippen molar-refractivity contribution in [1.29, 1.82) is 0 Å². The smallest absolute Gasteiger partial charge is 0.307 e. The zero-order valence-corrected chi connectivity index (χ0v) is 36.7. The monoisotopic (exact) mass is 793 g/mol. The van der Waals surface area contributed by atoms with Gasteiger partial charge in [0, 0.05) is 46.1 Å². The quantitative estimate of drug-likeness (QED) is 0.192. The van der Waals surface area contributed by atoms with Crippen molar-refractivity contribution in [3.63, 3.8) is 0 Å². The van der Waals surface area contributed by atoms with Gasteiger partial charge in [-0.05, 0) is 116 Å². The zero-order chi connectivity index (χ0) is 41.6. The van der Waals surface area contributed by atoms with E-state index in [-0.39, 0.29) is 51.1 Å². The van der Waals surface area contributed by atoms with Gasteiger partial charge in [0.2, 0.25) is 0 Å². The SMILES string of the molecule is CC(C)[C@@H](C)[C@@]1(C)CC[C@]2(C)[C@H]3CC[C@@H]4[C@@]5(COC[C@@]4(C)[C@@H](OC[C@](C)(N)C(C)C)[C@H](n4ncnc4-c4ccnc(-c6cccnc6)c4)C5)C3=CC[C@@]2(C)[C@@H]1C(=O)O. The highest BCUT2D eigenvalue weighted by Crippen LogP contribution is 2.75. The molecule has 3 saturated carbocycles. The van der Waals surface area contributed by atoms with Crippen molar-refractivity contribution in [2.24, 2.45) is 68.3 Å². The van der Waals surface area contributed by atoms with Crippen LogP contribution >= 0.6 is 0 Å². The Morgan fingerprint density at radius 3 is 2.50 bits per heavy atom. The van der Waals surface area contributed by atoms with Gasteiger partial charge in [0.05, 0.1) is 43.6 Å². The summed E-state index contributed by atoms with van der Waals surface area (Å²) in [7, 11) is 0. The van der Waals surface area contributed by atoms with Crippen LogP contribution in [0.4, 0.5) is 0 Å². The van der Waals surface area contributed by atoms with E-state index in [1.807, 2.05) is 30.6 Å². The highest BCUT2D eigenvalue weighted by Gasteiger charge is 2.72. The van der Waals surface area contributed by atoms with Gasteiger partial charge in [-0.3, -0.25) is 14.8 Å². The number of pyridine rings is 2. The third kappa shape index (κ3) is 6.00. The van der Waals surface area contributed by atoms with Crippen molar-refractivity contribution in [3.05, 3.63) is 60.8 Å². The molecular formula is C48H68N6O4. The Morgan fingerprint density at radius 2 is 1.81 bits per heavy atom. The molecule has 0 spiro atoms. The molecule has 3 aromatic rings. The summed E-state index contributed by atoms with van der Waals surface area (Å²) < 4.78 is 16.2. The molecule has 1 saturated heterocycles. The second-order valence-corrected chi connectivity index (χ2v) is 21.2. The summed E-state index contributed by atoms with van der Waals surface area (Å²) in [6, 6.07) is 7.88. The van der Waals surface area contributed by atoms with Gasteiger partial charge < -0.3 is 20.3 Å². The van der Waals surface area contributed by atoms with Crippen LogP contribution in [0.3, 0.4) is 0 Å². The standard InChI is InChI=1S/C48H68N6O4/c1-29(2)31(5)43(6)18-19-45(8)34-13-14-38-44(7)25-57-27-48(38,35(34)15-17-46(45,9)39(43)42(55)56)23-37(40(44)58-26-47(10,49)30(3)4)54-41(52-28-53-54)32-16-21-51-36(22-32)33-12-11-20-50-24-33/h11-12,15-16,20-22,24,28-31,34,37-40H,13-14,17-19,23,25-27,49H2,1-10H3,(H,55,56)/t31-,34+,37-,38+,39-,40+,43-,44-,45-,46+,47+,48+/m1/s1. The molecule has 0 amide bonds. The predicted octanol–water partition coefficient (Wildman–Crippen LogP) is 9.29. The fraction of sp³-hybridized carbons (Fsp3) is 0.688. The van der Waals surface area contributed by atoms with Crippen LogP contribution in [0.5, 0.6) is 0 Å². The molecule has 4 heterocycles. The molecule has 1 aliphatic heterocycles. The van der Waals surface area contributed by atoms with Crippen LogP contribution in [-0.2, 0) is 14.3 Å². The fourth-order valence-electron chi connectivity index (χ4n) is 13.5. The third-order valence-corrected chi connectivity index (χ3v) is 17.8. The Balaban J connectivity index is 1.25. The average Bonchev–Trinajstić information content (AvgIpc) is 3.68. The predicted molar refractivity (Wildman–Crippen MR) is 226 cm³/mol. The van der Waals surface area contributed by atoms with Gasteiger partial charge in [0.15, 0.2) is 5.82 Å². The second kappa shape index (κ2) is 14.3. The van der Waals surface area contributed by atoms with E-state index in [0.717, 1.165) is 61.2 Å². The maximum absolute atomic E-state index is 13.6. The topological polar surface area (TPSA) is 138 Å². The van der Waals surface area contributed by atoms with Crippen LogP contribution in [0.1, 0.15) is 114 Å². The number of carboxylic acids is 1. The van der Waals surface area contributed by atoms with Gasteiger partial charge in [-0.15, -0.1) is 0 Å². The number of carbonyl (C=O) groups is 1. The van der Waals surface area contributed by atoms with Crippen LogP contribution in [0.2, 0.25) is 0 Å². The normalized spacial score (nSPS) is 38.6. The van der Waals surface area contributed by atoms with E-state index in [1.165, 1.54) is 5.57 Å². The van der Waals surface area contributed by atoms with Gasteiger partial charge in [-0.1, -0.05) is 74.0 Å². The minimum Gasteiger partial charge on any atom is -0.481 e. The first-order chi connectivity index (χ1) is 27.3. The summed E-state index contributed by atoms with van der Waals surface area (Å²) in [5.74, 6) is 1.22. The lowest BCUT2D eigenvalue weighted by molar-refractivity contribution is -0.252. The van der Waals surface area contributed by atoms with E-state index < -0.39 is 17.4 Å². The summed E-state index contributed by atoms with van der Waals surface area (Å²) in [5.41, 5.74) is 9.16. The molecule has 12 atom stereocenters. The molecule has 0 unspecified atom stereocenters. The molecule has 314 valence electrons. The highest BCUT2D eigenvalue weighted by molar-refractivity contribution is 5.73. The van der Waals surface area contributed by atoms with E-state index in [1.54, 1.807) is 12.5 Å². The number of nitrogens with zero attached hydrogens (tertiary/aromatic N) is 5. The summed E-state index contributed by atoms with van der Waals surface area (Å²) in [6.07, 6.45) is 15.0. The van der Waals surface area contributed by atoms with Crippen LogP contribution in [0, 0.1) is 62.6 Å². The number of rotatable bonds is 10. The second-order valence-electron chi connectivity index (χ2n) is 21.2. The first-order valence-electron chi connectivity index (χ1n) is 22.0. The van der Waals surface area contributed by atoms with E-state index in [0.29, 0.717) is 37.6 Å². The minimum absolute atomic E-state index is 0.158. The first kappa shape index (κ1) is 41.3. The molecule has 10 heteroatoms. The lowest BCUT2D eigenvalue weighted by Crippen LogP contribution is -2.69. The van der Waals surface area contributed by atoms with Crippen LogP contribution < -0.4 is 5.73 Å². The van der Waals surface area contributed by atoms with Crippen molar-refractivity contribution >= 4 is 5.97 Å². The molecule has 4 aliphatic carbocycles. The Morgan fingerprint density at radius 1 is 1.03 bits per heavy atom. The minimum atomic E-state index is -0.631. The van der Waals surface area contributed by atoms with Crippen LogP contribution in [0.15, 0.2) is 60.8 Å². The lowest BCUT2D eigenvalue weighted by Gasteiger charge is -2.71. The van der Waals surface area contributed by atoms with Gasteiger partial charge >= 0.3 is 5.97 Å². The van der Waals surface area contributed by atoms with Crippen molar-refractivity contribution < 1.29 is 19.4 Å². The number of aromatic nitrogens is 5. The first-order valence-corrected chi connectivity index (χ1v) is 22.0. The van der Waals surface area contributed by atoms with Gasteiger partial charge in [0.1, 0.15) is 6.33 Å². The van der Waals surface area contributed by atoms with E-state index in [4.69, 9.17) is 30.3 Å². The summed E-state index contributed by atoms with van der Waals surface area (Å²) >= 11 is 0. The summed E-state index contributed by atoms with van der Waals surface area (Å²) in [5, 5.41) is 16.3. The summed E-state index contributed by atoms with van der Waals surface area (Å²) in [6.45, 7) is 24.3. The molecule has 0 radical (unpaired) electrons. The van der Waals surface area contributed by atoms with Crippen LogP contribution in [-0.4, -0.2) is 67.3 Å². The van der Waals surface area contributed by atoms with Crippen molar-refractivity contribution in [3.8, 4) is 22.6 Å². The lowest BCUT2D eigenvalue weighted by atomic mass is 9.34. The van der Waals surface area contributed by atoms with Gasteiger partial charge in [0.25, 0.3) is 0 Å². The van der Waals surface area contributed by atoms with Crippen molar-refractivity contribution in [1.82, 2.24) is 24.7 Å². The van der Waals surface area contributed by atoms with Gasteiger partial charge in [-0.2, -0.15) is 5.10 Å². The number of aliphatic carboxylic acids is 1. The number of hydrogen-bond donors (Lipinski definition) is 2. The zero-order valence-electron chi connectivity index (χ0n) is 36.7. The number of allylic oxidation sites excluding steroid dienone is 1. The molecule has 4 fully saturated rings. The maximum atomic E-state index is 13.6. The van der Waals surface area contributed by atoms with E-state index >= 15 is 0 Å². The molecule has 3 aromatic heterocycles. The maximum Gasteiger partial charge on any atom is 0.307 e. The Labute approximate surface area is 346 Å². The van der Waals surface area contributed by atoms with Crippen molar-refractivity contribution in [2.75, 3.05) is 19.8 Å². The molecule has 10 nitrogen and oxygen atoms in total. The molecule has 3 N–H and O–H groups in total. The van der Waals surface area contributed by atoms with Gasteiger partial charge in [-0.25, -0.2) is 9.67 Å². The number of carboxylic acid groups (broad SMARTS) is 1. The largest absolute Gasteiger partial charge is 0.481 e. The molecule has 0 aromatic carbocycles. The van der Waals surface area contributed by atoms with Crippen molar-refractivity contribution in [2.45, 2.75) is 125 Å². The fourth-order valence-corrected chi connectivity index (χ4v) is 13.5. The van der Waals surface area contributed by atoms with E-state index in [2.05, 4.69) is 91.0 Å². The average molecular weight is 793 g/mol. The molecule has 2 bridgehead atoms. The number of fused-ring (bicyclic) bond motifs is 3. The third-order valence-electron chi connectivity index (χ3n) is 17.8. The number of nitrogens with two attached hydrogens (primary N) is 1.